The van der Waals surface area contributed by atoms with Gasteiger partial charge in [0.05, 0.1) is 5.02 Å². The summed E-state index contributed by atoms with van der Waals surface area (Å²) in [5, 5.41) is -0.153. The van der Waals surface area contributed by atoms with Gasteiger partial charge in [-0.15, -0.1) is 0 Å². The van der Waals surface area contributed by atoms with Gasteiger partial charge in [-0.1, -0.05) is 27.5 Å². The van der Waals surface area contributed by atoms with E-state index in [1.54, 1.807) is 6.92 Å². The zero-order valence-corrected chi connectivity index (χ0v) is 8.59. The Kier molecular flexibility index (Phi) is 3.07. The van der Waals surface area contributed by atoms with Gasteiger partial charge < -0.3 is 0 Å². The molecule has 0 aliphatic rings. The van der Waals surface area contributed by atoms with E-state index in [0.717, 1.165) is 12.1 Å². The number of hydrogen-bond donors (Lipinski definition) is 0. The highest BCUT2D eigenvalue weighted by Crippen LogP contribution is 2.32. The van der Waals surface area contributed by atoms with Crippen LogP contribution in [-0.4, -0.2) is 0 Å². The molecule has 0 unspecified atom stereocenters. The van der Waals surface area contributed by atoms with Crippen molar-refractivity contribution in [2.75, 3.05) is 0 Å². The second kappa shape index (κ2) is 3.71. The average molecular weight is 255 g/mol. The van der Waals surface area contributed by atoms with Crippen LogP contribution in [0.3, 0.4) is 0 Å². The van der Waals surface area contributed by atoms with Crippen LogP contribution in [-0.2, 0) is 0 Å². The van der Waals surface area contributed by atoms with Crippen molar-refractivity contribution >= 4 is 27.5 Å². The Morgan fingerprint density at radius 1 is 1.33 bits per heavy atom. The lowest BCUT2D eigenvalue weighted by Crippen LogP contribution is -1.94. The Hall–Kier alpha value is -0.150. The molecule has 0 saturated heterocycles. The number of hydrogen-bond acceptors (Lipinski definition) is 0. The second-order valence-electron chi connectivity index (χ2n) is 2.37. The van der Waals surface area contributed by atoms with Crippen LogP contribution < -0.4 is 0 Å². The highest BCUT2D eigenvalue weighted by Gasteiger charge is 2.15. The molecule has 1 aromatic rings. The van der Waals surface area contributed by atoms with Crippen molar-refractivity contribution in [1.82, 2.24) is 0 Å². The molecule has 0 radical (unpaired) electrons. The Bertz CT molecular complexity index is 299. The lowest BCUT2D eigenvalue weighted by Gasteiger charge is -2.07. The van der Waals surface area contributed by atoms with Gasteiger partial charge in [-0.05, 0) is 19.1 Å². The fourth-order valence-electron chi connectivity index (χ4n) is 0.907. The average Bonchev–Trinajstić information content (AvgIpc) is 1.97. The number of alkyl halides is 1. The first-order valence-electron chi connectivity index (χ1n) is 3.31. The molecule has 0 aromatic heterocycles. The molecule has 0 spiro atoms. The van der Waals surface area contributed by atoms with Crippen molar-refractivity contribution in [3.8, 4) is 0 Å². The van der Waals surface area contributed by atoms with Gasteiger partial charge in [0.15, 0.2) is 0 Å². The van der Waals surface area contributed by atoms with E-state index in [1.165, 1.54) is 0 Å². The molecule has 0 N–H and O–H groups in total. The largest absolute Gasteiger partial charge is 0.207 e. The highest BCUT2D eigenvalue weighted by atomic mass is 79.9. The standard InChI is InChI=1S/C8H6BrClF2/c1-4(9)7-5(11)2-3-6(12)8(7)10/h2-4H,1H3/t4-/m0/s1. The van der Waals surface area contributed by atoms with Crippen molar-refractivity contribution in [3.63, 3.8) is 0 Å². The number of halogens is 4. The minimum absolute atomic E-state index is 0.153. The van der Waals surface area contributed by atoms with E-state index >= 15 is 0 Å². The summed E-state index contributed by atoms with van der Waals surface area (Å²) < 4.78 is 25.8. The normalized spacial score (nSPS) is 13.1. The van der Waals surface area contributed by atoms with Gasteiger partial charge in [0, 0.05) is 10.4 Å². The summed E-state index contributed by atoms with van der Waals surface area (Å²) in [4.78, 5) is -0.291. The third-order valence-corrected chi connectivity index (χ3v) is 2.32. The second-order valence-corrected chi connectivity index (χ2v) is 4.12. The lowest BCUT2D eigenvalue weighted by atomic mass is 10.1. The summed E-state index contributed by atoms with van der Waals surface area (Å²) in [7, 11) is 0. The van der Waals surface area contributed by atoms with Gasteiger partial charge in [-0.25, -0.2) is 8.78 Å². The monoisotopic (exact) mass is 254 g/mol. The first-order chi connectivity index (χ1) is 5.54. The molecule has 1 rings (SSSR count). The predicted octanol–water partition coefficient (Wildman–Crippen LogP) is 4.07. The van der Waals surface area contributed by atoms with E-state index in [9.17, 15) is 8.78 Å². The molecule has 4 heteroatoms. The van der Waals surface area contributed by atoms with Crippen molar-refractivity contribution in [3.05, 3.63) is 34.4 Å². The topological polar surface area (TPSA) is 0 Å². The summed E-state index contributed by atoms with van der Waals surface area (Å²) in [6, 6.07) is 2.07. The molecule has 0 bridgehead atoms. The first kappa shape index (κ1) is 9.93. The van der Waals surface area contributed by atoms with E-state index in [1.807, 2.05) is 0 Å². The minimum atomic E-state index is -0.598. The number of benzene rings is 1. The molecule has 0 fully saturated rings. The molecule has 0 aliphatic heterocycles. The van der Waals surface area contributed by atoms with Crippen LogP contribution in [0.1, 0.15) is 17.3 Å². The van der Waals surface area contributed by atoms with E-state index in [4.69, 9.17) is 11.6 Å². The summed E-state index contributed by atoms with van der Waals surface area (Å²) in [5.74, 6) is -1.09. The summed E-state index contributed by atoms with van der Waals surface area (Å²) in [6.45, 7) is 1.68. The zero-order chi connectivity index (χ0) is 9.30. The summed E-state index contributed by atoms with van der Waals surface area (Å²) >= 11 is 8.68. The Morgan fingerprint density at radius 2 is 1.83 bits per heavy atom. The van der Waals surface area contributed by atoms with E-state index in [-0.39, 0.29) is 15.4 Å². The van der Waals surface area contributed by atoms with Gasteiger partial charge in [0.2, 0.25) is 0 Å². The van der Waals surface area contributed by atoms with Crippen molar-refractivity contribution in [2.24, 2.45) is 0 Å². The molecule has 0 aliphatic carbocycles. The van der Waals surface area contributed by atoms with Crippen LogP contribution >= 0.6 is 27.5 Å². The van der Waals surface area contributed by atoms with E-state index in [0.29, 0.717) is 0 Å². The molecule has 1 aromatic carbocycles. The molecule has 66 valence electrons. The molecule has 0 nitrogen and oxygen atoms in total. The Labute approximate surface area is 82.7 Å². The quantitative estimate of drug-likeness (QED) is 0.524. The van der Waals surface area contributed by atoms with Gasteiger partial charge in [-0.3, -0.25) is 0 Å². The third kappa shape index (κ3) is 1.77. The van der Waals surface area contributed by atoms with E-state index in [2.05, 4.69) is 15.9 Å². The molecule has 0 saturated carbocycles. The Morgan fingerprint density at radius 3 is 2.25 bits per heavy atom. The first-order valence-corrected chi connectivity index (χ1v) is 4.61. The lowest BCUT2D eigenvalue weighted by molar-refractivity contribution is 0.587. The summed E-state index contributed by atoms with van der Waals surface area (Å²) in [6.07, 6.45) is 0. The third-order valence-electron chi connectivity index (χ3n) is 1.48. The molecule has 1 atom stereocenters. The van der Waals surface area contributed by atoms with Crippen LogP contribution in [0.4, 0.5) is 8.78 Å². The minimum Gasteiger partial charge on any atom is -0.207 e. The van der Waals surface area contributed by atoms with Crippen LogP contribution in [0.15, 0.2) is 12.1 Å². The van der Waals surface area contributed by atoms with Crippen molar-refractivity contribution in [1.29, 1.82) is 0 Å². The smallest absolute Gasteiger partial charge is 0.142 e. The van der Waals surface area contributed by atoms with Crippen LogP contribution in [0, 0.1) is 11.6 Å². The fraction of sp³-hybridized carbons (Fsp3) is 0.250. The SMILES string of the molecule is C[C@H](Br)c1c(F)ccc(F)c1Cl. The zero-order valence-electron chi connectivity index (χ0n) is 6.24. The van der Waals surface area contributed by atoms with Crippen LogP contribution in [0.2, 0.25) is 5.02 Å². The maximum atomic E-state index is 13.0. The van der Waals surface area contributed by atoms with Crippen molar-refractivity contribution in [2.45, 2.75) is 11.8 Å². The molecular weight excluding hydrogens is 249 g/mol. The maximum absolute atomic E-state index is 13.0. The molecular formula is C8H6BrClF2. The van der Waals surface area contributed by atoms with Gasteiger partial charge in [-0.2, -0.15) is 0 Å². The molecule has 12 heavy (non-hydrogen) atoms. The van der Waals surface area contributed by atoms with Gasteiger partial charge >= 0.3 is 0 Å². The molecule has 0 heterocycles. The predicted molar refractivity (Wildman–Crippen MR) is 48.7 cm³/mol. The van der Waals surface area contributed by atoms with E-state index < -0.39 is 11.6 Å². The van der Waals surface area contributed by atoms with Crippen LogP contribution in [0.5, 0.6) is 0 Å². The van der Waals surface area contributed by atoms with Crippen molar-refractivity contribution < 1.29 is 8.78 Å². The maximum Gasteiger partial charge on any atom is 0.142 e. The highest BCUT2D eigenvalue weighted by molar-refractivity contribution is 9.09. The van der Waals surface area contributed by atoms with Crippen LogP contribution in [0.25, 0.3) is 0 Å². The Balaban J connectivity index is 3.33. The van der Waals surface area contributed by atoms with Gasteiger partial charge in [0.25, 0.3) is 0 Å². The summed E-state index contributed by atoms with van der Waals surface area (Å²) in [5.41, 5.74) is 0.164. The fourth-order valence-corrected chi connectivity index (χ4v) is 1.80. The van der Waals surface area contributed by atoms with Gasteiger partial charge in [0.1, 0.15) is 11.6 Å². The number of rotatable bonds is 1. The molecule has 0 amide bonds.